The Labute approximate surface area is 128 Å². The van der Waals surface area contributed by atoms with Crippen LogP contribution < -0.4 is 5.32 Å². The summed E-state index contributed by atoms with van der Waals surface area (Å²) in [6.45, 7) is -0.0353. The maximum atomic E-state index is 11.8. The van der Waals surface area contributed by atoms with Gasteiger partial charge in [0.25, 0.3) is 0 Å². The Bertz CT molecular complexity index is 613. The average Bonchev–Trinajstić information content (AvgIpc) is 2.83. The fourth-order valence-corrected chi connectivity index (χ4v) is 5.52. The third-order valence-electron chi connectivity index (χ3n) is 3.18. The first-order chi connectivity index (χ1) is 9.96. The molecule has 1 aromatic rings. The van der Waals surface area contributed by atoms with E-state index >= 15 is 0 Å². The number of ketones is 1. The predicted octanol–water partition coefficient (Wildman–Crippen LogP) is 0.906. The van der Waals surface area contributed by atoms with Gasteiger partial charge in [-0.1, -0.05) is 30.3 Å². The Morgan fingerprint density at radius 1 is 1.24 bits per heavy atom. The molecule has 1 N–H and O–H groups in total. The molecule has 1 amide bonds. The molecule has 0 aromatic heterocycles. The summed E-state index contributed by atoms with van der Waals surface area (Å²) in [6.07, 6.45) is 0.600. The van der Waals surface area contributed by atoms with E-state index in [1.807, 2.05) is 6.07 Å². The highest BCUT2D eigenvalue weighted by molar-refractivity contribution is 8.02. The van der Waals surface area contributed by atoms with Gasteiger partial charge in [-0.05, 0) is 6.42 Å². The molecule has 1 saturated heterocycles. The van der Waals surface area contributed by atoms with Crippen molar-refractivity contribution in [2.24, 2.45) is 0 Å². The molecule has 5 nitrogen and oxygen atoms in total. The Hall–Kier alpha value is -1.34. The van der Waals surface area contributed by atoms with E-state index in [0.717, 1.165) is 0 Å². The van der Waals surface area contributed by atoms with Crippen LogP contribution in [0.1, 0.15) is 16.8 Å². The molecule has 21 heavy (non-hydrogen) atoms. The summed E-state index contributed by atoms with van der Waals surface area (Å²) < 4.78 is 22.6. The SMILES string of the molecule is O=C(CS[C@@H]1CCS(=O)(=O)C1)NCC(=O)c1ccccc1. The molecule has 0 unspecified atom stereocenters. The van der Waals surface area contributed by atoms with Gasteiger partial charge < -0.3 is 5.32 Å². The minimum Gasteiger partial charge on any atom is -0.348 e. The molecule has 0 aliphatic carbocycles. The van der Waals surface area contributed by atoms with Crippen molar-refractivity contribution in [3.05, 3.63) is 35.9 Å². The lowest BCUT2D eigenvalue weighted by atomic mass is 10.1. The highest BCUT2D eigenvalue weighted by Crippen LogP contribution is 2.23. The van der Waals surface area contributed by atoms with Crippen LogP contribution in [-0.4, -0.2) is 49.2 Å². The van der Waals surface area contributed by atoms with Crippen LogP contribution in [-0.2, 0) is 14.6 Å². The van der Waals surface area contributed by atoms with Gasteiger partial charge in [-0.15, -0.1) is 11.8 Å². The minimum absolute atomic E-state index is 0.00873. The summed E-state index contributed by atoms with van der Waals surface area (Å²) >= 11 is 1.34. The summed E-state index contributed by atoms with van der Waals surface area (Å²) in [5.41, 5.74) is 0.562. The number of hydrogen-bond acceptors (Lipinski definition) is 5. The van der Waals surface area contributed by atoms with Gasteiger partial charge in [-0.25, -0.2) is 8.42 Å². The van der Waals surface area contributed by atoms with Crippen LogP contribution in [0.5, 0.6) is 0 Å². The fraction of sp³-hybridized carbons (Fsp3) is 0.429. The topological polar surface area (TPSA) is 80.3 Å². The maximum Gasteiger partial charge on any atom is 0.230 e. The second-order valence-electron chi connectivity index (χ2n) is 4.90. The van der Waals surface area contributed by atoms with E-state index in [4.69, 9.17) is 0 Å². The Balaban J connectivity index is 1.70. The van der Waals surface area contributed by atoms with Crippen molar-refractivity contribution >= 4 is 33.3 Å². The number of nitrogens with one attached hydrogen (secondary N) is 1. The number of Topliss-reactive ketones (excluding diaryl/α,β-unsaturated/α-hetero) is 1. The normalized spacial score (nSPS) is 20.1. The summed E-state index contributed by atoms with van der Waals surface area (Å²) in [5.74, 6) is 0.153. The molecule has 1 aliphatic heterocycles. The highest BCUT2D eigenvalue weighted by Gasteiger charge is 2.28. The molecule has 1 aromatic carbocycles. The maximum absolute atomic E-state index is 11.8. The number of carbonyl (C=O) groups is 2. The molecular formula is C14H17NO4S2. The van der Waals surface area contributed by atoms with E-state index in [-0.39, 0.29) is 40.7 Å². The highest BCUT2D eigenvalue weighted by atomic mass is 32.2. The van der Waals surface area contributed by atoms with Crippen molar-refractivity contribution in [2.75, 3.05) is 23.8 Å². The van der Waals surface area contributed by atoms with Gasteiger partial charge in [0.05, 0.1) is 23.8 Å². The fourth-order valence-electron chi connectivity index (χ4n) is 2.04. The average molecular weight is 327 g/mol. The van der Waals surface area contributed by atoms with Crippen LogP contribution in [0.15, 0.2) is 30.3 Å². The van der Waals surface area contributed by atoms with E-state index in [1.165, 1.54) is 11.8 Å². The summed E-state index contributed by atoms with van der Waals surface area (Å²) in [7, 11) is -2.91. The van der Waals surface area contributed by atoms with Gasteiger partial charge in [0, 0.05) is 10.8 Å². The second-order valence-corrected chi connectivity index (χ2v) is 8.42. The van der Waals surface area contributed by atoms with Gasteiger partial charge in [-0.2, -0.15) is 0 Å². The molecule has 2 rings (SSSR count). The smallest absolute Gasteiger partial charge is 0.230 e. The molecule has 7 heteroatoms. The number of hydrogen-bond donors (Lipinski definition) is 1. The van der Waals surface area contributed by atoms with Gasteiger partial charge >= 0.3 is 0 Å². The van der Waals surface area contributed by atoms with Crippen molar-refractivity contribution in [1.29, 1.82) is 0 Å². The van der Waals surface area contributed by atoms with Gasteiger partial charge in [0.1, 0.15) is 0 Å². The quantitative estimate of drug-likeness (QED) is 0.786. The van der Waals surface area contributed by atoms with Crippen molar-refractivity contribution in [3.8, 4) is 0 Å². The van der Waals surface area contributed by atoms with Crippen molar-refractivity contribution in [3.63, 3.8) is 0 Å². The van der Waals surface area contributed by atoms with E-state index < -0.39 is 9.84 Å². The summed E-state index contributed by atoms with van der Waals surface area (Å²) in [4.78, 5) is 23.5. The van der Waals surface area contributed by atoms with E-state index in [0.29, 0.717) is 12.0 Å². The molecule has 0 saturated carbocycles. The zero-order valence-electron chi connectivity index (χ0n) is 11.4. The van der Waals surface area contributed by atoms with Crippen LogP contribution in [0.2, 0.25) is 0 Å². The molecule has 1 fully saturated rings. The van der Waals surface area contributed by atoms with E-state index in [2.05, 4.69) is 5.32 Å². The molecule has 1 heterocycles. The van der Waals surface area contributed by atoms with Gasteiger partial charge in [0.2, 0.25) is 5.91 Å². The molecule has 114 valence electrons. The van der Waals surface area contributed by atoms with Crippen LogP contribution in [0, 0.1) is 0 Å². The number of carbonyl (C=O) groups excluding carboxylic acids is 2. The van der Waals surface area contributed by atoms with Crippen LogP contribution in [0.3, 0.4) is 0 Å². The van der Waals surface area contributed by atoms with Crippen molar-refractivity contribution in [1.82, 2.24) is 5.32 Å². The molecule has 1 aliphatic rings. The molecule has 0 spiro atoms. The second kappa shape index (κ2) is 7.09. The summed E-state index contributed by atoms with van der Waals surface area (Å²) in [5, 5.41) is 2.56. The van der Waals surface area contributed by atoms with Gasteiger partial charge in [-0.3, -0.25) is 9.59 Å². The van der Waals surface area contributed by atoms with Crippen molar-refractivity contribution in [2.45, 2.75) is 11.7 Å². The number of benzene rings is 1. The molecule has 0 bridgehead atoms. The first kappa shape index (κ1) is 16.0. The van der Waals surface area contributed by atoms with Gasteiger partial charge in [0.15, 0.2) is 15.6 Å². The Morgan fingerprint density at radius 2 is 1.95 bits per heavy atom. The molecular weight excluding hydrogens is 310 g/mol. The Kier molecular flexibility index (Phi) is 5.41. The standard InChI is InChI=1S/C14H17NO4S2/c16-13(11-4-2-1-3-5-11)8-15-14(17)9-20-12-6-7-21(18,19)10-12/h1-5,12H,6-10H2,(H,15,17)/t12-/m1/s1. The number of amides is 1. The van der Waals surface area contributed by atoms with Crippen molar-refractivity contribution < 1.29 is 18.0 Å². The lowest BCUT2D eigenvalue weighted by Crippen LogP contribution is -2.31. The lowest BCUT2D eigenvalue weighted by Gasteiger charge is -2.08. The van der Waals surface area contributed by atoms with Crippen LogP contribution >= 0.6 is 11.8 Å². The molecule has 0 radical (unpaired) electrons. The molecule has 1 atom stereocenters. The summed E-state index contributed by atoms with van der Waals surface area (Å²) in [6, 6.07) is 8.76. The van der Waals surface area contributed by atoms with E-state index in [1.54, 1.807) is 24.3 Å². The predicted molar refractivity (Wildman–Crippen MR) is 83.3 cm³/mol. The number of rotatable bonds is 6. The zero-order chi connectivity index (χ0) is 15.3. The number of sulfone groups is 1. The zero-order valence-corrected chi connectivity index (χ0v) is 13.1. The van der Waals surface area contributed by atoms with Crippen LogP contribution in [0.4, 0.5) is 0 Å². The minimum atomic E-state index is -2.91. The Morgan fingerprint density at radius 3 is 2.57 bits per heavy atom. The monoisotopic (exact) mass is 327 g/mol. The van der Waals surface area contributed by atoms with E-state index in [9.17, 15) is 18.0 Å². The first-order valence-corrected chi connectivity index (χ1v) is 9.50. The largest absolute Gasteiger partial charge is 0.348 e. The van der Waals surface area contributed by atoms with Crippen LogP contribution in [0.25, 0.3) is 0 Å². The third-order valence-corrected chi connectivity index (χ3v) is 6.46. The third kappa shape index (κ3) is 5.17. The first-order valence-electron chi connectivity index (χ1n) is 6.63. The number of thioether (sulfide) groups is 1. The lowest BCUT2D eigenvalue weighted by molar-refractivity contribution is -0.118.